The molecule has 0 fully saturated rings. The number of esters is 2. The number of hydrogen-bond donors (Lipinski definition) is 2. The Morgan fingerprint density at radius 3 is 2.52 bits per heavy atom. The molecule has 2 aromatic rings. The van der Waals surface area contributed by atoms with Gasteiger partial charge in [0.15, 0.2) is 0 Å². The third-order valence-electron chi connectivity index (χ3n) is 4.10. The van der Waals surface area contributed by atoms with Crippen molar-refractivity contribution in [1.82, 2.24) is 9.97 Å². The molecule has 4 N–H and O–H groups in total. The van der Waals surface area contributed by atoms with E-state index in [-0.39, 0.29) is 0 Å². The van der Waals surface area contributed by atoms with E-state index in [9.17, 15) is 9.59 Å². The summed E-state index contributed by atoms with van der Waals surface area (Å²) in [6, 6.07) is 10.4. The Morgan fingerprint density at radius 1 is 1.22 bits per heavy atom. The molecule has 0 saturated carbocycles. The number of hydrazone groups is 1. The first-order valence-corrected chi connectivity index (χ1v) is 8.56. The molecule has 2 rings (SSSR count). The Labute approximate surface area is 157 Å². The monoisotopic (exact) mass is 369 g/mol. The van der Waals surface area contributed by atoms with Gasteiger partial charge >= 0.3 is 11.9 Å². The first-order chi connectivity index (χ1) is 13.0. The number of unbranched alkanes of at least 4 members (excludes halogenated alkanes) is 1. The molecular weight excluding hydrogens is 346 g/mol. The van der Waals surface area contributed by atoms with Crippen LogP contribution in [0.2, 0.25) is 0 Å². The van der Waals surface area contributed by atoms with Crippen molar-refractivity contribution < 1.29 is 14.3 Å². The Morgan fingerprint density at radius 2 is 1.89 bits per heavy atom. The normalized spacial score (nSPS) is 14.4. The summed E-state index contributed by atoms with van der Waals surface area (Å²) in [6.07, 6.45) is 6.18. The van der Waals surface area contributed by atoms with Crippen LogP contribution in [0.25, 0.3) is 0 Å². The van der Waals surface area contributed by atoms with Crippen LogP contribution in [0.1, 0.15) is 43.5 Å². The molecule has 27 heavy (non-hydrogen) atoms. The van der Waals surface area contributed by atoms with E-state index >= 15 is 0 Å². The predicted molar refractivity (Wildman–Crippen MR) is 100 cm³/mol. The number of hydrogen-bond acceptors (Lipinski definition) is 8. The van der Waals surface area contributed by atoms with Crippen LogP contribution in [0.5, 0.6) is 0 Å². The summed E-state index contributed by atoms with van der Waals surface area (Å²) in [5.74, 6) is 3.02. The second-order valence-electron chi connectivity index (χ2n) is 6.20. The lowest BCUT2D eigenvalue weighted by Crippen LogP contribution is -2.44. The molecule has 0 aliphatic carbocycles. The fraction of sp³-hybridized carbons (Fsp3) is 0.316. The number of carbonyl (C=O) groups excluding carboxylic acids is 2. The molecule has 8 nitrogen and oxygen atoms in total. The zero-order valence-corrected chi connectivity index (χ0v) is 15.1. The number of carbonyl (C=O) groups is 2. The quantitative estimate of drug-likeness (QED) is 0.180. The van der Waals surface area contributed by atoms with Crippen LogP contribution >= 0.6 is 0 Å². The maximum atomic E-state index is 12.7. The van der Waals surface area contributed by atoms with Gasteiger partial charge in [0, 0.05) is 18.6 Å². The van der Waals surface area contributed by atoms with E-state index in [0.717, 1.165) is 0 Å². The van der Waals surface area contributed by atoms with Gasteiger partial charge in [0.25, 0.3) is 0 Å². The summed E-state index contributed by atoms with van der Waals surface area (Å²) < 4.78 is 5.10. The molecule has 2 atom stereocenters. The minimum atomic E-state index is -1.45. The SMILES string of the molecule is CC(N)(C(=O)OC(=O)C(CCCC=NN)c1ncccn1)c1ccccc1. The smallest absolute Gasteiger partial charge is 0.338 e. The van der Waals surface area contributed by atoms with E-state index in [1.165, 1.54) is 19.3 Å². The lowest BCUT2D eigenvalue weighted by molar-refractivity contribution is -0.164. The minimum absolute atomic E-state index is 0.290. The molecule has 8 heteroatoms. The summed E-state index contributed by atoms with van der Waals surface area (Å²) in [4.78, 5) is 33.4. The van der Waals surface area contributed by atoms with Crippen molar-refractivity contribution in [3.8, 4) is 0 Å². The Kier molecular flexibility index (Phi) is 7.13. The molecule has 1 heterocycles. The van der Waals surface area contributed by atoms with Gasteiger partial charge in [-0.15, -0.1) is 0 Å². The molecule has 0 spiro atoms. The van der Waals surface area contributed by atoms with Crippen molar-refractivity contribution >= 4 is 18.2 Å². The minimum Gasteiger partial charge on any atom is -0.391 e. The van der Waals surface area contributed by atoms with Crippen molar-refractivity contribution in [3.05, 3.63) is 60.2 Å². The molecule has 0 radical (unpaired) electrons. The number of nitrogens with two attached hydrogens (primary N) is 2. The van der Waals surface area contributed by atoms with Crippen LogP contribution in [0, 0.1) is 0 Å². The largest absolute Gasteiger partial charge is 0.391 e. The summed E-state index contributed by atoms with van der Waals surface area (Å²) in [5.41, 5.74) is 5.22. The van der Waals surface area contributed by atoms with Crippen molar-refractivity contribution in [3.63, 3.8) is 0 Å². The van der Waals surface area contributed by atoms with Gasteiger partial charge in [-0.05, 0) is 37.8 Å². The molecule has 0 saturated heterocycles. The Hall–Kier alpha value is -3.13. The van der Waals surface area contributed by atoms with Crippen LogP contribution in [0.15, 0.2) is 53.9 Å². The number of ether oxygens (including phenoxy) is 1. The highest BCUT2D eigenvalue weighted by molar-refractivity contribution is 5.93. The molecule has 0 aliphatic heterocycles. The third-order valence-corrected chi connectivity index (χ3v) is 4.10. The summed E-state index contributed by atoms with van der Waals surface area (Å²) >= 11 is 0. The van der Waals surface area contributed by atoms with Gasteiger partial charge in [0.2, 0.25) is 0 Å². The van der Waals surface area contributed by atoms with Gasteiger partial charge in [-0.2, -0.15) is 5.10 Å². The fourth-order valence-corrected chi connectivity index (χ4v) is 2.50. The van der Waals surface area contributed by atoms with Gasteiger partial charge < -0.3 is 16.3 Å². The molecule has 142 valence electrons. The first-order valence-electron chi connectivity index (χ1n) is 8.56. The second-order valence-corrected chi connectivity index (χ2v) is 6.20. The molecule has 0 aliphatic rings. The second kappa shape index (κ2) is 9.54. The van der Waals surface area contributed by atoms with E-state index < -0.39 is 23.4 Å². The van der Waals surface area contributed by atoms with Gasteiger partial charge in [-0.1, -0.05) is 30.3 Å². The van der Waals surface area contributed by atoms with Gasteiger partial charge in [-0.3, -0.25) is 4.79 Å². The average molecular weight is 369 g/mol. The van der Waals surface area contributed by atoms with Crippen LogP contribution < -0.4 is 11.6 Å². The van der Waals surface area contributed by atoms with E-state index in [2.05, 4.69) is 15.1 Å². The highest BCUT2D eigenvalue weighted by Gasteiger charge is 2.36. The van der Waals surface area contributed by atoms with Crippen molar-refractivity contribution in [2.75, 3.05) is 0 Å². The number of rotatable bonds is 8. The standard InChI is InChI=1S/C19H23N5O3/c1-19(20,14-8-3-2-4-9-14)18(26)27-17(25)15(10-5-6-13-24-21)16-22-11-7-12-23-16/h2-4,7-9,11-13,15H,5-6,10,20-21H2,1H3. The highest BCUT2D eigenvalue weighted by atomic mass is 16.6. The Balaban J connectivity index is 2.13. The third kappa shape index (κ3) is 5.42. The zero-order valence-electron chi connectivity index (χ0n) is 15.1. The maximum absolute atomic E-state index is 12.7. The molecular formula is C19H23N5O3. The molecule has 0 bridgehead atoms. The highest BCUT2D eigenvalue weighted by Crippen LogP contribution is 2.24. The summed E-state index contributed by atoms with van der Waals surface area (Å²) in [5, 5.41) is 3.42. The van der Waals surface area contributed by atoms with Crippen LogP contribution in [-0.4, -0.2) is 28.1 Å². The van der Waals surface area contributed by atoms with E-state index in [1.54, 1.807) is 36.5 Å². The van der Waals surface area contributed by atoms with Crippen LogP contribution in [-0.2, 0) is 19.9 Å². The average Bonchev–Trinajstić information content (AvgIpc) is 2.69. The molecule has 2 unspecified atom stereocenters. The molecule has 0 amide bonds. The number of aromatic nitrogens is 2. The zero-order chi connectivity index (χ0) is 19.7. The predicted octanol–water partition coefficient (Wildman–Crippen LogP) is 1.62. The first kappa shape index (κ1) is 20.2. The van der Waals surface area contributed by atoms with E-state index in [0.29, 0.717) is 30.7 Å². The van der Waals surface area contributed by atoms with Crippen molar-refractivity contribution in [2.45, 2.75) is 37.6 Å². The summed E-state index contributed by atoms with van der Waals surface area (Å²) in [7, 11) is 0. The maximum Gasteiger partial charge on any atom is 0.338 e. The van der Waals surface area contributed by atoms with E-state index in [1.807, 2.05) is 6.07 Å². The van der Waals surface area contributed by atoms with Crippen molar-refractivity contribution in [1.29, 1.82) is 0 Å². The van der Waals surface area contributed by atoms with Crippen LogP contribution in [0.3, 0.4) is 0 Å². The lowest BCUT2D eigenvalue weighted by atomic mass is 9.93. The van der Waals surface area contributed by atoms with Crippen molar-refractivity contribution in [2.24, 2.45) is 16.7 Å². The Bertz CT molecular complexity index is 778. The van der Waals surface area contributed by atoms with Gasteiger partial charge in [-0.25, -0.2) is 14.8 Å². The number of benzene rings is 1. The molecule has 1 aromatic carbocycles. The van der Waals surface area contributed by atoms with E-state index in [4.69, 9.17) is 16.3 Å². The lowest BCUT2D eigenvalue weighted by Gasteiger charge is -2.23. The summed E-state index contributed by atoms with van der Waals surface area (Å²) in [6.45, 7) is 1.50. The topological polar surface area (TPSA) is 134 Å². The van der Waals surface area contributed by atoms with Crippen LogP contribution in [0.4, 0.5) is 0 Å². The number of nitrogens with zero attached hydrogens (tertiary/aromatic N) is 3. The molecule has 1 aromatic heterocycles. The van der Waals surface area contributed by atoms with Gasteiger partial charge in [0.05, 0.1) is 0 Å². The van der Waals surface area contributed by atoms with Gasteiger partial charge in [0.1, 0.15) is 17.3 Å². The fourth-order valence-electron chi connectivity index (χ4n) is 2.50.